The molecule has 111 heavy (non-hydrogen) atoms. The first-order valence-electron chi connectivity index (χ1n) is 36.5. The molecule has 20 nitrogen and oxygen atoms in total. The van der Waals surface area contributed by atoms with Crippen molar-refractivity contribution in [3.05, 3.63) is 266 Å². The Morgan fingerprint density at radius 3 is 1.07 bits per heavy atom. The Morgan fingerprint density at radius 2 is 0.685 bits per heavy atom. The van der Waals surface area contributed by atoms with Gasteiger partial charge in [-0.15, -0.1) is 0 Å². The number of benzene rings is 10. The number of carbonyl (C=O) groups is 8. The first-order chi connectivity index (χ1) is 53.3. The van der Waals surface area contributed by atoms with Crippen molar-refractivity contribution in [2.75, 3.05) is 39.6 Å². The number of aromatic carboxylic acids is 1. The van der Waals surface area contributed by atoms with E-state index in [-0.39, 0.29) is 24.7 Å². The minimum atomic E-state index is -0.929. The maximum Gasteiger partial charge on any atom is 0.343 e. The SMILES string of the molecule is C.C1CCOC1.C=CC(=O)OCCCCCCOc1ccc2cc(C(=O)O)ccc2c1.C=CC(=O)OCCCCCCOc1ccc2cc(C(=O)Oc3ccc(OC(=O)c4ccc5cc(OC(=O)C=C)ccc5c4)c(CCC)c3)ccc2c1.C=CC(=O)Oc1ccc2cc(C(=O)Oc3ccc(O)cc3CCC)ccc2c1. The fourth-order valence-electron chi connectivity index (χ4n) is 11.3. The van der Waals surface area contributed by atoms with Crippen molar-refractivity contribution in [1.29, 1.82) is 0 Å². The molecule has 0 atom stereocenters. The molecular weight excluding hydrogens is 1410 g/mol. The highest BCUT2D eigenvalue weighted by Crippen LogP contribution is 2.32. The number of ether oxygens (including phenoxy) is 10. The van der Waals surface area contributed by atoms with Gasteiger partial charge in [-0.25, -0.2) is 38.4 Å². The van der Waals surface area contributed by atoms with Crippen LogP contribution in [-0.4, -0.2) is 97.6 Å². The van der Waals surface area contributed by atoms with Crippen molar-refractivity contribution in [2.24, 2.45) is 0 Å². The molecule has 20 heteroatoms. The smallest absolute Gasteiger partial charge is 0.343 e. The van der Waals surface area contributed by atoms with Gasteiger partial charge < -0.3 is 57.6 Å². The van der Waals surface area contributed by atoms with Gasteiger partial charge in [0.25, 0.3) is 0 Å². The lowest BCUT2D eigenvalue weighted by atomic mass is 10.1. The lowest BCUT2D eigenvalue weighted by molar-refractivity contribution is -0.138. The molecule has 0 aromatic heterocycles. The monoisotopic (exact) mass is 1510 g/mol. The molecule has 2 N–H and O–H groups in total. The standard InChI is InChI=1S/C43H40O9.C23H20O5.C20H22O5.C4H8O.CH4/c1-4-11-33-28-38(20-21-39(33)52-43(47)35-15-13-32-27-37(50-41(45)6-3)19-17-30(32)25-35)51-42(46)34-14-12-31-26-36(18-16-29(31)24-34)48-22-9-7-8-10-23-49-40(44)5-2;1-3-5-17-13-19(24)9-11-21(17)28-23(26)18-7-6-16-14-20(27-22(25)4-2)10-8-15(16)12-18;1-2-19(21)25-12-6-4-3-5-11-24-18-10-9-15-13-17(20(22)23)8-7-16(15)14-18;1-2-4-5-3-1;/h5-6,12-21,24-28H,2-4,7-11,22-23H2,1H3;4,6-14,24H,2-3,5H2,1H3;2,7-10,13-14H,1,3-6,11-12H2,(H,22,23);1-4H2;1H4. The quantitative estimate of drug-likeness (QED) is 0.0167. The van der Waals surface area contributed by atoms with Crippen LogP contribution in [0.5, 0.6) is 46.0 Å². The van der Waals surface area contributed by atoms with Gasteiger partial charge in [0, 0.05) is 37.5 Å². The summed E-state index contributed by atoms with van der Waals surface area (Å²) in [6.45, 7) is 21.5. The summed E-state index contributed by atoms with van der Waals surface area (Å²) >= 11 is 0. The highest BCUT2D eigenvalue weighted by molar-refractivity contribution is 6.00. The van der Waals surface area contributed by atoms with Crippen LogP contribution in [0.2, 0.25) is 0 Å². The number of hydrogen-bond acceptors (Lipinski definition) is 19. The van der Waals surface area contributed by atoms with E-state index in [4.69, 9.17) is 52.5 Å². The number of carboxylic acids is 1. The van der Waals surface area contributed by atoms with Crippen molar-refractivity contribution in [3.63, 3.8) is 0 Å². The number of rotatable bonds is 33. The first kappa shape index (κ1) is 85.6. The van der Waals surface area contributed by atoms with Crippen LogP contribution in [0.25, 0.3) is 43.1 Å². The van der Waals surface area contributed by atoms with E-state index >= 15 is 0 Å². The molecule has 0 aliphatic carbocycles. The minimum absolute atomic E-state index is 0. The predicted octanol–water partition coefficient (Wildman–Crippen LogP) is 19.6. The summed E-state index contributed by atoms with van der Waals surface area (Å²) in [6.07, 6.45) is 17.3. The average Bonchev–Trinajstić information content (AvgIpc) is 1.29. The molecule has 11 rings (SSSR count). The van der Waals surface area contributed by atoms with Crippen LogP contribution in [0.3, 0.4) is 0 Å². The number of fused-ring (bicyclic) bond motifs is 4. The summed E-state index contributed by atoms with van der Waals surface area (Å²) in [7, 11) is 0. The van der Waals surface area contributed by atoms with Gasteiger partial charge in [0.2, 0.25) is 0 Å². The zero-order valence-corrected chi connectivity index (χ0v) is 61.8. The number of aryl methyl sites for hydroxylation is 2. The predicted molar refractivity (Wildman–Crippen MR) is 429 cm³/mol. The summed E-state index contributed by atoms with van der Waals surface area (Å²) in [5, 5.41) is 25.5. The maximum atomic E-state index is 13.2. The number of carboxylic acid groups (broad SMARTS) is 1. The number of esters is 7. The zero-order valence-electron chi connectivity index (χ0n) is 61.8. The van der Waals surface area contributed by atoms with Gasteiger partial charge in [-0.3, -0.25) is 0 Å². The van der Waals surface area contributed by atoms with Crippen LogP contribution in [-0.2, 0) is 46.2 Å². The van der Waals surface area contributed by atoms with Gasteiger partial charge in [-0.2, -0.15) is 0 Å². The van der Waals surface area contributed by atoms with Crippen LogP contribution >= 0.6 is 0 Å². The third-order valence-electron chi connectivity index (χ3n) is 17.0. The molecule has 0 radical (unpaired) electrons. The molecule has 1 aliphatic rings. The third-order valence-corrected chi connectivity index (χ3v) is 17.0. The topological polar surface area (TPSA) is 269 Å². The molecule has 0 bridgehead atoms. The van der Waals surface area contributed by atoms with Gasteiger partial charge in [-0.1, -0.05) is 109 Å². The van der Waals surface area contributed by atoms with Crippen LogP contribution in [0, 0.1) is 0 Å². The zero-order chi connectivity index (χ0) is 78.6. The van der Waals surface area contributed by atoms with E-state index in [9.17, 15) is 43.5 Å². The summed E-state index contributed by atoms with van der Waals surface area (Å²) in [5.74, 6) is -0.706. The van der Waals surface area contributed by atoms with E-state index in [0.29, 0.717) is 84.7 Å². The molecule has 578 valence electrons. The van der Waals surface area contributed by atoms with Gasteiger partial charge in [0.1, 0.15) is 46.0 Å². The van der Waals surface area contributed by atoms with Crippen molar-refractivity contribution in [1.82, 2.24) is 0 Å². The Balaban J connectivity index is 0.000000243. The Hall–Kier alpha value is -12.7. The molecule has 0 unspecified atom stereocenters. The fourth-order valence-corrected chi connectivity index (χ4v) is 11.3. The minimum Gasteiger partial charge on any atom is -0.508 e. The fraction of sp³-hybridized carbons (Fsp3) is 0.253. The number of phenols is 1. The van der Waals surface area contributed by atoms with Crippen molar-refractivity contribution < 1.29 is 95.9 Å². The molecule has 1 saturated heterocycles. The van der Waals surface area contributed by atoms with Gasteiger partial charge in [0.05, 0.1) is 48.7 Å². The Labute approximate surface area is 646 Å². The first-order valence-corrected chi connectivity index (χ1v) is 36.5. The average molecular weight is 1510 g/mol. The normalized spacial score (nSPS) is 11.1. The largest absolute Gasteiger partial charge is 0.508 e. The van der Waals surface area contributed by atoms with E-state index < -0.39 is 41.8 Å². The highest BCUT2D eigenvalue weighted by Gasteiger charge is 2.19. The van der Waals surface area contributed by atoms with E-state index in [1.165, 1.54) is 25.0 Å². The molecule has 10 aromatic carbocycles. The van der Waals surface area contributed by atoms with Crippen LogP contribution in [0.1, 0.15) is 151 Å². The summed E-state index contributed by atoms with van der Waals surface area (Å²) in [6, 6.07) is 51.9. The second kappa shape index (κ2) is 45.2. The van der Waals surface area contributed by atoms with Crippen molar-refractivity contribution >= 4 is 90.8 Å². The van der Waals surface area contributed by atoms with Gasteiger partial charge in [-0.05, 0) is 265 Å². The lowest BCUT2D eigenvalue weighted by Gasteiger charge is -2.13. The maximum absolute atomic E-state index is 13.2. The molecule has 0 saturated carbocycles. The molecule has 10 aromatic rings. The third kappa shape index (κ3) is 27.8. The molecular formula is C91H94O20. The number of aromatic hydroxyl groups is 1. The summed E-state index contributed by atoms with van der Waals surface area (Å²) < 4.78 is 53.9. The molecule has 1 fully saturated rings. The van der Waals surface area contributed by atoms with Crippen LogP contribution < -0.4 is 33.2 Å². The van der Waals surface area contributed by atoms with Crippen molar-refractivity contribution in [3.8, 4) is 46.0 Å². The molecule has 1 aliphatic heterocycles. The Morgan fingerprint density at radius 1 is 0.360 bits per heavy atom. The summed E-state index contributed by atoms with van der Waals surface area (Å²) in [4.78, 5) is 94.7. The number of hydrogen-bond donors (Lipinski definition) is 2. The van der Waals surface area contributed by atoms with E-state index in [2.05, 4.69) is 26.3 Å². The Bertz CT molecular complexity index is 4900. The lowest BCUT2D eigenvalue weighted by Crippen LogP contribution is -2.11. The summed E-state index contributed by atoms with van der Waals surface area (Å²) in [5.41, 5.74) is 2.95. The number of carbonyl (C=O) groups excluding carboxylic acids is 7. The highest BCUT2D eigenvalue weighted by atomic mass is 16.6. The van der Waals surface area contributed by atoms with Gasteiger partial charge in [0.15, 0.2) is 0 Å². The van der Waals surface area contributed by atoms with Gasteiger partial charge >= 0.3 is 47.8 Å². The van der Waals surface area contributed by atoms with Crippen molar-refractivity contribution in [2.45, 2.75) is 111 Å². The molecule has 0 spiro atoms. The second-order valence-electron chi connectivity index (χ2n) is 25.3. The Kier molecular flexibility index (Phi) is 34.9. The van der Waals surface area contributed by atoms with E-state index in [1.807, 2.05) is 56.3 Å². The number of phenolic OH excluding ortho intramolecular Hbond substituents is 1. The number of unbranched alkanes of at least 4 members (excludes halogenated alkanes) is 6. The van der Waals surface area contributed by atoms with E-state index in [1.54, 1.807) is 133 Å². The second-order valence-corrected chi connectivity index (χ2v) is 25.3. The molecule has 1 heterocycles. The van der Waals surface area contributed by atoms with Crippen LogP contribution in [0.4, 0.5) is 0 Å². The molecule has 0 amide bonds. The van der Waals surface area contributed by atoms with E-state index in [0.717, 1.165) is 161 Å². The van der Waals surface area contributed by atoms with Crippen LogP contribution in [0.15, 0.2) is 233 Å².